The van der Waals surface area contributed by atoms with Gasteiger partial charge >= 0.3 is 0 Å². The Hall–Kier alpha value is -3.15. The lowest BCUT2D eigenvalue weighted by molar-refractivity contribution is -0.112. The van der Waals surface area contributed by atoms with Crippen LogP contribution >= 0.6 is 38.5 Å². The summed E-state index contributed by atoms with van der Waals surface area (Å²) in [7, 11) is 0. The minimum Gasteiger partial charge on any atom is -0.488 e. The first-order valence-electron chi connectivity index (χ1n) is 10.1. The van der Waals surface area contributed by atoms with Crippen molar-refractivity contribution in [2.24, 2.45) is 0 Å². The van der Waals surface area contributed by atoms with E-state index in [9.17, 15) is 10.1 Å². The third-order valence-electron chi connectivity index (χ3n) is 4.98. The maximum atomic E-state index is 12.5. The molecule has 0 bridgehead atoms. The van der Waals surface area contributed by atoms with Gasteiger partial charge in [0.1, 0.15) is 24.0 Å². The van der Waals surface area contributed by atoms with Gasteiger partial charge in [-0.15, -0.1) is 0 Å². The monoisotopic (exact) mass is 608 g/mol. The van der Waals surface area contributed by atoms with Crippen molar-refractivity contribution in [3.8, 4) is 11.8 Å². The fraction of sp³-hybridized carbons (Fsp3) is 0.0370. The van der Waals surface area contributed by atoms with E-state index in [2.05, 4.69) is 68.1 Å². The highest BCUT2D eigenvalue weighted by molar-refractivity contribution is 14.1. The molecule has 4 nitrogen and oxygen atoms in total. The second-order valence-corrected chi connectivity index (χ2v) is 9.33. The molecule has 0 radical (unpaired) electrons. The first kappa shape index (κ1) is 23.0. The second-order valence-electron chi connectivity index (χ2n) is 7.25. The number of hydrogen-bond donors (Lipinski definition) is 1. The summed E-state index contributed by atoms with van der Waals surface area (Å²) >= 11 is 5.57. The van der Waals surface area contributed by atoms with E-state index in [4.69, 9.17) is 4.74 Å². The number of benzene rings is 4. The van der Waals surface area contributed by atoms with Gasteiger partial charge in [0, 0.05) is 10.2 Å². The van der Waals surface area contributed by atoms with Crippen molar-refractivity contribution in [1.82, 2.24) is 0 Å². The van der Waals surface area contributed by atoms with Crippen LogP contribution in [-0.4, -0.2) is 5.91 Å². The number of fused-ring (bicyclic) bond motifs is 1. The van der Waals surface area contributed by atoms with E-state index in [1.54, 1.807) is 18.2 Å². The molecule has 0 saturated carbocycles. The van der Waals surface area contributed by atoms with Gasteiger partial charge in [0.05, 0.1) is 3.57 Å². The van der Waals surface area contributed by atoms with Gasteiger partial charge in [-0.05, 0) is 80.9 Å². The molecule has 4 aromatic rings. The lowest BCUT2D eigenvalue weighted by Crippen LogP contribution is -2.13. The molecule has 4 rings (SSSR count). The normalized spacial score (nSPS) is 11.1. The van der Waals surface area contributed by atoms with Gasteiger partial charge in [-0.1, -0.05) is 70.5 Å². The topological polar surface area (TPSA) is 62.1 Å². The Balaban J connectivity index is 1.48. The maximum absolute atomic E-state index is 12.5. The van der Waals surface area contributed by atoms with Crippen LogP contribution in [0.25, 0.3) is 16.8 Å². The molecular weight excluding hydrogens is 591 g/mol. The minimum atomic E-state index is -0.457. The van der Waals surface area contributed by atoms with Crippen LogP contribution in [0.4, 0.5) is 5.69 Å². The number of rotatable bonds is 6. The molecule has 1 amide bonds. The summed E-state index contributed by atoms with van der Waals surface area (Å²) < 4.78 is 7.82. The molecule has 0 unspecified atom stereocenters. The number of halogens is 2. The number of ether oxygens (including phenoxy) is 1. The van der Waals surface area contributed by atoms with Crippen molar-refractivity contribution in [2.75, 3.05) is 5.32 Å². The number of carbonyl (C=O) groups is 1. The Kier molecular flexibility index (Phi) is 7.43. The van der Waals surface area contributed by atoms with E-state index >= 15 is 0 Å². The average molecular weight is 609 g/mol. The second kappa shape index (κ2) is 10.6. The van der Waals surface area contributed by atoms with Gasteiger partial charge in [-0.25, -0.2) is 0 Å². The van der Waals surface area contributed by atoms with Crippen molar-refractivity contribution >= 4 is 67.0 Å². The van der Waals surface area contributed by atoms with Gasteiger partial charge < -0.3 is 10.1 Å². The summed E-state index contributed by atoms with van der Waals surface area (Å²) in [6.07, 6.45) is 1.57. The van der Waals surface area contributed by atoms with Crippen LogP contribution in [0.1, 0.15) is 11.1 Å². The number of anilines is 1. The van der Waals surface area contributed by atoms with Gasteiger partial charge in [-0.2, -0.15) is 5.26 Å². The molecule has 162 valence electrons. The van der Waals surface area contributed by atoms with E-state index < -0.39 is 5.91 Å². The molecule has 4 aromatic carbocycles. The Morgan fingerprint density at radius 2 is 1.82 bits per heavy atom. The maximum Gasteiger partial charge on any atom is 0.266 e. The van der Waals surface area contributed by atoms with Crippen LogP contribution in [-0.2, 0) is 11.4 Å². The van der Waals surface area contributed by atoms with Gasteiger partial charge in [0.25, 0.3) is 5.91 Å². The molecule has 0 aliphatic heterocycles. The van der Waals surface area contributed by atoms with E-state index in [1.165, 1.54) is 10.8 Å². The molecule has 0 fully saturated rings. The molecule has 1 N–H and O–H groups in total. The highest BCUT2D eigenvalue weighted by Gasteiger charge is 2.11. The Labute approximate surface area is 214 Å². The highest BCUT2D eigenvalue weighted by atomic mass is 127. The van der Waals surface area contributed by atoms with Crippen molar-refractivity contribution in [2.45, 2.75) is 6.61 Å². The SMILES string of the molecule is N#C/C(=C/c1ccc(OCc2cccc3ccccc23)c(I)c1)C(=O)Nc1cccc(Br)c1. The molecule has 0 spiro atoms. The molecule has 0 heterocycles. The number of nitrogens with one attached hydrogen (secondary N) is 1. The predicted octanol–water partition coefficient (Wildman–Crippen LogP) is 7.33. The van der Waals surface area contributed by atoms with E-state index in [-0.39, 0.29) is 5.57 Å². The van der Waals surface area contributed by atoms with Crippen molar-refractivity contribution < 1.29 is 9.53 Å². The molecule has 0 saturated heterocycles. The van der Waals surface area contributed by atoms with Crippen molar-refractivity contribution in [1.29, 1.82) is 5.26 Å². The van der Waals surface area contributed by atoms with E-state index in [1.807, 2.05) is 54.6 Å². The summed E-state index contributed by atoms with van der Waals surface area (Å²) in [4.78, 5) is 12.5. The minimum absolute atomic E-state index is 0.0233. The standard InChI is InChI=1S/C27H18BrIN2O2/c28-22-8-4-9-23(15-22)31-27(32)21(16-30)13-18-11-12-26(25(29)14-18)33-17-20-7-3-6-19-5-1-2-10-24(19)20/h1-15H,17H2,(H,31,32)/b21-13-. The van der Waals surface area contributed by atoms with Gasteiger partial charge in [0.2, 0.25) is 0 Å². The first-order chi connectivity index (χ1) is 16.0. The Morgan fingerprint density at radius 3 is 2.61 bits per heavy atom. The Bertz CT molecular complexity index is 1400. The highest BCUT2D eigenvalue weighted by Crippen LogP contribution is 2.26. The summed E-state index contributed by atoms with van der Waals surface area (Å²) in [6.45, 7) is 0.449. The number of amides is 1. The number of carbonyl (C=O) groups excluding carboxylic acids is 1. The van der Waals surface area contributed by atoms with Crippen molar-refractivity contribution in [3.05, 3.63) is 110 Å². The summed E-state index contributed by atoms with van der Waals surface area (Å²) in [6, 6.07) is 29.2. The number of hydrogen-bond acceptors (Lipinski definition) is 3. The van der Waals surface area contributed by atoms with Crippen LogP contribution in [0.3, 0.4) is 0 Å². The van der Waals surface area contributed by atoms with E-state index in [0.29, 0.717) is 12.3 Å². The smallest absolute Gasteiger partial charge is 0.266 e. The zero-order valence-electron chi connectivity index (χ0n) is 17.4. The average Bonchev–Trinajstić information content (AvgIpc) is 2.82. The largest absolute Gasteiger partial charge is 0.488 e. The van der Waals surface area contributed by atoms with Crippen LogP contribution < -0.4 is 10.1 Å². The van der Waals surface area contributed by atoms with Gasteiger partial charge in [0.15, 0.2) is 0 Å². The number of nitrogens with zero attached hydrogens (tertiary/aromatic N) is 1. The molecule has 0 aromatic heterocycles. The summed E-state index contributed by atoms with van der Waals surface area (Å²) in [5, 5.41) is 14.6. The van der Waals surface area contributed by atoms with Gasteiger partial charge in [-0.3, -0.25) is 4.79 Å². The van der Waals surface area contributed by atoms with E-state index in [0.717, 1.165) is 24.9 Å². The molecule has 0 aliphatic carbocycles. The van der Waals surface area contributed by atoms with Crippen LogP contribution in [0, 0.1) is 14.9 Å². The summed E-state index contributed by atoms with van der Waals surface area (Å²) in [5.74, 6) is 0.291. The zero-order chi connectivity index (χ0) is 23.2. The summed E-state index contributed by atoms with van der Waals surface area (Å²) in [5.41, 5.74) is 2.50. The molecule has 0 atom stereocenters. The third-order valence-corrected chi connectivity index (χ3v) is 6.31. The Morgan fingerprint density at radius 1 is 1.03 bits per heavy atom. The zero-order valence-corrected chi connectivity index (χ0v) is 21.1. The molecule has 6 heteroatoms. The molecule has 0 aliphatic rings. The lowest BCUT2D eigenvalue weighted by atomic mass is 10.1. The molecular formula is C27H18BrIN2O2. The fourth-order valence-corrected chi connectivity index (χ4v) is 4.47. The lowest BCUT2D eigenvalue weighted by Gasteiger charge is -2.11. The number of nitriles is 1. The third kappa shape index (κ3) is 5.81. The molecule has 33 heavy (non-hydrogen) atoms. The first-order valence-corrected chi connectivity index (χ1v) is 12.0. The van der Waals surface area contributed by atoms with Crippen LogP contribution in [0.15, 0.2) is 95.0 Å². The predicted molar refractivity (Wildman–Crippen MR) is 144 cm³/mol. The fourth-order valence-electron chi connectivity index (χ4n) is 3.38. The van der Waals surface area contributed by atoms with Crippen molar-refractivity contribution in [3.63, 3.8) is 0 Å². The quantitative estimate of drug-likeness (QED) is 0.142. The van der Waals surface area contributed by atoms with Crippen LogP contribution in [0.2, 0.25) is 0 Å². The van der Waals surface area contributed by atoms with Crippen LogP contribution in [0.5, 0.6) is 5.75 Å².